The quantitative estimate of drug-likeness (QED) is 0.439. The molecule has 3 unspecified atom stereocenters. The maximum Gasteiger partial charge on any atom is 0.135 e. The molecular weight excluding hydrogens is 487 g/mol. The summed E-state index contributed by atoms with van der Waals surface area (Å²) < 4.78 is 14.3. The van der Waals surface area contributed by atoms with Crippen molar-refractivity contribution >= 4 is 11.5 Å². The van der Waals surface area contributed by atoms with Crippen molar-refractivity contribution in [2.75, 3.05) is 36.8 Å². The number of nitriles is 1. The second kappa shape index (κ2) is 10.4. The molecule has 2 aromatic rings. The lowest BCUT2D eigenvalue weighted by atomic mass is 9.70. The summed E-state index contributed by atoms with van der Waals surface area (Å²) in [6.45, 7) is 8.50. The van der Waals surface area contributed by atoms with Crippen LogP contribution in [0.15, 0.2) is 18.2 Å². The summed E-state index contributed by atoms with van der Waals surface area (Å²) in [7, 11) is 0. The number of nitrogens with zero attached hydrogens (tertiary/aromatic N) is 5. The van der Waals surface area contributed by atoms with E-state index < -0.39 is 6.17 Å². The molecule has 4 atom stereocenters. The third-order valence-electron chi connectivity index (χ3n) is 10.4. The zero-order chi connectivity index (χ0) is 27.2. The molecule has 208 valence electrons. The summed E-state index contributed by atoms with van der Waals surface area (Å²) in [5, 5.41) is 9.39. The minimum absolute atomic E-state index is 0.0216. The van der Waals surface area contributed by atoms with Gasteiger partial charge in [-0.3, -0.25) is 4.90 Å². The molecule has 0 saturated carbocycles. The van der Waals surface area contributed by atoms with Gasteiger partial charge < -0.3 is 10.6 Å². The van der Waals surface area contributed by atoms with E-state index >= 15 is 0 Å². The summed E-state index contributed by atoms with van der Waals surface area (Å²) in [6.07, 6.45) is 10.7. The molecule has 4 aliphatic rings. The summed E-state index contributed by atoms with van der Waals surface area (Å²) >= 11 is 0. The monoisotopic (exact) mass is 530 g/mol. The van der Waals surface area contributed by atoms with Crippen LogP contribution in [-0.2, 0) is 19.3 Å². The van der Waals surface area contributed by atoms with Gasteiger partial charge in [-0.05, 0) is 99.8 Å². The van der Waals surface area contributed by atoms with Gasteiger partial charge in [-0.1, -0.05) is 19.9 Å². The molecule has 2 N–H and O–H groups in total. The van der Waals surface area contributed by atoms with Crippen LogP contribution in [0.4, 0.5) is 15.9 Å². The molecule has 7 heteroatoms. The Balaban J connectivity index is 1.18. The Labute approximate surface area is 232 Å². The number of alkyl halides is 1. The Morgan fingerprint density at radius 1 is 1.18 bits per heavy atom. The predicted octanol–water partition coefficient (Wildman–Crippen LogP) is 5.73. The van der Waals surface area contributed by atoms with E-state index in [1.165, 1.54) is 35.5 Å². The van der Waals surface area contributed by atoms with Crippen LogP contribution in [0, 0.1) is 16.7 Å². The average Bonchev–Trinajstić information content (AvgIpc) is 3.41. The zero-order valence-electron chi connectivity index (χ0n) is 23.7. The number of aryl methyl sites for hydroxylation is 1. The van der Waals surface area contributed by atoms with Gasteiger partial charge in [-0.2, -0.15) is 5.26 Å². The van der Waals surface area contributed by atoms with Gasteiger partial charge in [-0.15, -0.1) is 0 Å². The lowest BCUT2D eigenvalue weighted by Gasteiger charge is -2.39. The van der Waals surface area contributed by atoms with E-state index in [0.717, 1.165) is 76.8 Å². The van der Waals surface area contributed by atoms with E-state index in [-0.39, 0.29) is 11.0 Å². The second-order valence-corrected chi connectivity index (χ2v) is 13.2. The van der Waals surface area contributed by atoms with Gasteiger partial charge in [0.25, 0.3) is 0 Å². The largest absolute Gasteiger partial charge is 0.398 e. The number of hydrogen-bond acceptors (Lipinski definition) is 6. The minimum Gasteiger partial charge on any atom is -0.398 e. The Morgan fingerprint density at radius 3 is 2.79 bits per heavy atom. The number of halogens is 1. The molecule has 3 aliphatic heterocycles. The fraction of sp³-hybridized carbons (Fsp3) is 0.656. The molecule has 4 heterocycles. The third-order valence-corrected chi connectivity index (χ3v) is 10.4. The Morgan fingerprint density at radius 2 is 2.03 bits per heavy atom. The molecule has 0 bridgehead atoms. The molecule has 6 rings (SSSR count). The number of benzene rings is 1. The first-order valence-electron chi connectivity index (χ1n) is 15.1. The van der Waals surface area contributed by atoms with E-state index in [9.17, 15) is 9.65 Å². The first-order chi connectivity index (χ1) is 18.8. The number of hydrogen-bond donors (Lipinski definition) is 1. The average molecular weight is 531 g/mol. The van der Waals surface area contributed by atoms with Crippen LogP contribution in [0.3, 0.4) is 0 Å². The molecule has 3 fully saturated rings. The number of rotatable bonds is 8. The number of aromatic nitrogens is 2. The normalized spacial score (nSPS) is 29.0. The predicted molar refractivity (Wildman–Crippen MR) is 154 cm³/mol. The van der Waals surface area contributed by atoms with E-state index in [1.807, 2.05) is 12.1 Å². The van der Waals surface area contributed by atoms with Crippen LogP contribution in [0.1, 0.15) is 99.3 Å². The second-order valence-electron chi connectivity index (χ2n) is 13.2. The minimum atomic E-state index is -0.686. The number of nitrogens with two attached hydrogens (primary N) is 1. The Bertz CT molecular complexity index is 1270. The zero-order valence-corrected chi connectivity index (χ0v) is 23.7. The van der Waals surface area contributed by atoms with Crippen LogP contribution in [-0.4, -0.2) is 52.8 Å². The van der Waals surface area contributed by atoms with Crippen LogP contribution >= 0.6 is 0 Å². The van der Waals surface area contributed by atoms with E-state index in [1.54, 1.807) is 0 Å². The van der Waals surface area contributed by atoms with Crippen LogP contribution < -0.4 is 10.6 Å². The van der Waals surface area contributed by atoms with Crippen molar-refractivity contribution in [1.29, 1.82) is 5.26 Å². The molecule has 0 amide bonds. The first kappa shape index (κ1) is 26.5. The maximum atomic E-state index is 14.3. The van der Waals surface area contributed by atoms with Gasteiger partial charge in [0.05, 0.1) is 5.56 Å². The SMILES string of the molecule is CC(CCC1(C)CCc2c(nc(CC[C@@]34CCCN3CC(F)C4)nc2N2CCC2)C1)c1ccc(N)c(C#N)c1. The van der Waals surface area contributed by atoms with Gasteiger partial charge >= 0.3 is 0 Å². The van der Waals surface area contributed by atoms with Crippen LogP contribution in [0.2, 0.25) is 0 Å². The van der Waals surface area contributed by atoms with E-state index in [2.05, 4.69) is 35.8 Å². The number of nitrogen functional groups attached to an aromatic ring is 1. The smallest absolute Gasteiger partial charge is 0.135 e. The molecule has 3 saturated heterocycles. The summed E-state index contributed by atoms with van der Waals surface area (Å²) in [6, 6.07) is 8.11. The lowest BCUT2D eigenvalue weighted by Crippen LogP contribution is -2.40. The van der Waals surface area contributed by atoms with Crippen molar-refractivity contribution in [2.45, 2.75) is 102 Å². The summed E-state index contributed by atoms with van der Waals surface area (Å²) in [4.78, 5) is 15.2. The van der Waals surface area contributed by atoms with Crippen LogP contribution in [0.5, 0.6) is 0 Å². The van der Waals surface area contributed by atoms with Crippen molar-refractivity contribution in [3.05, 3.63) is 46.4 Å². The van der Waals surface area contributed by atoms with Crippen molar-refractivity contribution in [3.8, 4) is 6.07 Å². The molecular formula is C32H43FN6. The van der Waals surface area contributed by atoms with E-state index in [0.29, 0.717) is 30.1 Å². The molecule has 0 radical (unpaired) electrons. The van der Waals surface area contributed by atoms with Gasteiger partial charge in [-0.25, -0.2) is 14.4 Å². The highest BCUT2D eigenvalue weighted by Crippen LogP contribution is 2.45. The number of anilines is 2. The van der Waals surface area contributed by atoms with Crippen molar-refractivity contribution in [1.82, 2.24) is 14.9 Å². The molecule has 0 spiro atoms. The summed E-state index contributed by atoms with van der Waals surface area (Å²) in [5.74, 6) is 2.51. The van der Waals surface area contributed by atoms with Crippen molar-refractivity contribution in [3.63, 3.8) is 0 Å². The van der Waals surface area contributed by atoms with Gasteiger partial charge in [0.2, 0.25) is 0 Å². The van der Waals surface area contributed by atoms with Crippen LogP contribution in [0.25, 0.3) is 0 Å². The Kier molecular flexibility index (Phi) is 7.03. The standard InChI is InChI=1S/C32H43FN6/c1-22(23-5-6-27(35)24(17-23)20-34)7-11-31(2)12-8-26-28(19-31)36-29(37-30(26)38-14-4-15-38)9-13-32-10-3-16-39(32)21-25(33)18-32/h5-6,17,22,25H,3-4,7-16,18-19,21,35H2,1-2H3/t22?,25?,31?,32-/m1/s1. The van der Waals surface area contributed by atoms with Crippen molar-refractivity contribution in [2.24, 2.45) is 5.41 Å². The van der Waals surface area contributed by atoms with Gasteiger partial charge in [0, 0.05) is 48.5 Å². The molecule has 39 heavy (non-hydrogen) atoms. The highest BCUT2D eigenvalue weighted by molar-refractivity contribution is 5.55. The van der Waals surface area contributed by atoms with Crippen molar-refractivity contribution < 1.29 is 4.39 Å². The lowest BCUT2D eigenvalue weighted by molar-refractivity contribution is 0.181. The fourth-order valence-electron chi connectivity index (χ4n) is 7.67. The molecule has 1 aromatic heterocycles. The maximum absolute atomic E-state index is 14.3. The van der Waals surface area contributed by atoms with Gasteiger partial charge in [0.1, 0.15) is 23.9 Å². The highest BCUT2D eigenvalue weighted by Gasteiger charge is 2.48. The molecule has 1 aromatic carbocycles. The fourth-order valence-corrected chi connectivity index (χ4v) is 7.67. The first-order valence-corrected chi connectivity index (χ1v) is 15.1. The Hall–Kier alpha value is -2.72. The highest BCUT2D eigenvalue weighted by atomic mass is 19.1. The topological polar surface area (TPSA) is 82.1 Å². The summed E-state index contributed by atoms with van der Waals surface area (Å²) in [5.41, 5.74) is 11.1. The third kappa shape index (κ3) is 5.13. The molecule has 6 nitrogen and oxygen atoms in total. The molecule has 1 aliphatic carbocycles. The van der Waals surface area contributed by atoms with E-state index in [4.69, 9.17) is 15.7 Å². The van der Waals surface area contributed by atoms with Gasteiger partial charge in [0.15, 0.2) is 0 Å². The number of fused-ring (bicyclic) bond motifs is 2.